The van der Waals surface area contributed by atoms with Crippen LogP contribution in [0.4, 0.5) is 0 Å². The van der Waals surface area contributed by atoms with Crippen LogP contribution < -0.4 is 10.1 Å². The molecule has 1 aromatic carbocycles. The third kappa shape index (κ3) is 3.62. The normalized spacial score (nSPS) is 11.9. The Bertz CT molecular complexity index is 336. The molecule has 3 nitrogen and oxygen atoms in total. The van der Waals surface area contributed by atoms with Crippen LogP contribution in [0, 0.1) is 6.92 Å². The summed E-state index contributed by atoms with van der Waals surface area (Å²) < 4.78 is 5.50. The molecule has 0 aromatic heterocycles. The maximum absolute atomic E-state index is 11.4. The van der Waals surface area contributed by atoms with E-state index in [0.29, 0.717) is 6.54 Å². The molecule has 0 bridgehead atoms. The van der Waals surface area contributed by atoms with Gasteiger partial charge >= 0.3 is 0 Å². The molecule has 0 saturated heterocycles. The molecular weight excluding hydrogens is 190 g/mol. The topological polar surface area (TPSA) is 38.3 Å². The van der Waals surface area contributed by atoms with Crippen molar-refractivity contribution in [3.8, 4) is 5.75 Å². The Kier molecular flexibility index (Phi) is 4.16. The van der Waals surface area contributed by atoms with Gasteiger partial charge in [-0.05, 0) is 38.5 Å². The number of carbonyl (C=O) groups excluding carboxylic acids is 1. The molecule has 3 heteroatoms. The molecule has 1 unspecified atom stereocenters. The molecule has 1 atom stereocenters. The van der Waals surface area contributed by atoms with Crippen molar-refractivity contribution < 1.29 is 9.53 Å². The molecule has 0 spiro atoms. The summed E-state index contributed by atoms with van der Waals surface area (Å²) in [4.78, 5) is 11.4. The summed E-state index contributed by atoms with van der Waals surface area (Å²) in [6, 6.07) is 7.66. The molecule has 82 valence electrons. The van der Waals surface area contributed by atoms with E-state index in [0.717, 1.165) is 11.3 Å². The van der Waals surface area contributed by atoms with Gasteiger partial charge in [-0.1, -0.05) is 12.1 Å². The minimum absolute atomic E-state index is 0.0843. The monoisotopic (exact) mass is 207 g/mol. The van der Waals surface area contributed by atoms with Gasteiger partial charge < -0.3 is 10.1 Å². The molecule has 0 heterocycles. The summed E-state index contributed by atoms with van der Waals surface area (Å²) >= 11 is 0. The Balaban J connectivity index is 2.58. The number of likely N-dealkylation sites (N-methyl/N-ethyl adjacent to an activating group) is 1. The maximum atomic E-state index is 11.4. The van der Waals surface area contributed by atoms with Gasteiger partial charge in [0.2, 0.25) is 0 Å². The highest BCUT2D eigenvalue weighted by Crippen LogP contribution is 2.13. The third-order valence-corrected chi connectivity index (χ3v) is 2.02. The lowest BCUT2D eigenvalue weighted by atomic mass is 10.2. The van der Waals surface area contributed by atoms with E-state index in [9.17, 15) is 4.79 Å². The number of hydrogen-bond acceptors (Lipinski definition) is 2. The molecule has 15 heavy (non-hydrogen) atoms. The highest BCUT2D eigenvalue weighted by Gasteiger charge is 2.12. The van der Waals surface area contributed by atoms with Gasteiger partial charge in [0.05, 0.1) is 0 Å². The van der Waals surface area contributed by atoms with E-state index in [2.05, 4.69) is 5.32 Å². The summed E-state index contributed by atoms with van der Waals surface area (Å²) in [5.41, 5.74) is 1.12. The van der Waals surface area contributed by atoms with Gasteiger partial charge in [0.1, 0.15) is 5.75 Å². The molecule has 1 aromatic rings. The molecule has 1 rings (SSSR count). The quantitative estimate of drug-likeness (QED) is 0.819. The molecule has 1 N–H and O–H groups in total. The molecule has 0 radical (unpaired) electrons. The Hall–Kier alpha value is -1.51. The standard InChI is InChI=1S/C12H17NO2/c1-4-13-12(14)10(3)15-11-7-5-6-9(2)8-11/h5-8,10H,4H2,1-3H3,(H,13,14). The summed E-state index contributed by atoms with van der Waals surface area (Å²) in [6.07, 6.45) is -0.452. The Morgan fingerprint density at radius 1 is 1.53 bits per heavy atom. The molecule has 0 saturated carbocycles. The van der Waals surface area contributed by atoms with Crippen LogP contribution in [0.2, 0.25) is 0 Å². The first kappa shape index (κ1) is 11.6. The molecule has 0 aliphatic heterocycles. The van der Waals surface area contributed by atoms with Gasteiger partial charge in [-0.15, -0.1) is 0 Å². The van der Waals surface area contributed by atoms with Crippen LogP contribution in [0.3, 0.4) is 0 Å². The van der Waals surface area contributed by atoms with E-state index in [1.54, 1.807) is 6.92 Å². The number of aryl methyl sites for hydroxylation is 1. The van der Waals surface area contributed by atoms with Crippen molar-refractivity contribution in [1.82, 2.24) is 5.32 Å². The van der Waals surface area contributed by atoms with Crippen LogP contribution >= 0.6 is 0 Å². The molecular formula is C12H17NO2. The van der Waals surface area contributed by atoms with E-state index >= 15 is 0 Å². The van der Waals surface area contributed by atoms with Crippen molar-refractivity contribution in [3.05, 3.63) is 29.8 Å². The van der Waals surface area contributed by atoms with Crippen LogP contribution in [0.25, 0.3) is 0 Å². The lowest BCUT2D eigenvalue weighted by Gasteiger charge is -2.14. The van der Waals surface area contributed by atoms with Gasteiger partial charge in [-0.2, -0.15) is 0 Å². The Morgan fingerprint density at radius 2 is 2.27 bits per heavy atom. The number of hydrogen-bond donors (Lipinski definition) is 1. The van der Waals surface area contributed by atoms with Gasteiger partial charge in [0.25, 0.3) is 5.91 Å². The fourth-order valence-electron chi connectivity index (χ4n) is 1.26. The van der Waals surface area contributed by atoms with Crippen LogP contribution in [-0.2, 0) is 4.79 Å². The van der Waals surface area contributed by atoms with Crippen molar-refractivity contribution in [2.75, 3.05) is 6.54 Å². The first-order valence-electron chi connectivity index (χ1n) is 5.14. The number of carbonyl (C=O) groups is 1. The lowest BCUT2D eigenvalue weighted by Crippen LogP contribution is -2.36. The summed E-state index contributed by atoms with van der Waals surface area (Å²) in [7, 11) is 0. The summed E-state index contributed by atoms with van der Waals surface area (Å²) in [5.74, 6) is 0.646. The molecule has 0 aliphatic carbocycles. The van der Waals surface area contributed by atoms with Crippen molar-refractivity contribution in [2.24, 2.45) is 0 Å². The number of benzene rings is 1. The fraction of sp³-hybridized carbons (Fsp3) is 0.417. The molecule has 0 fully saturated rings. The SMILES string of the molecule is CCNC(=O)C(C)Oc1cccc(C)c1. The Morgan fingerprint density at radius 3 is 2.87 bits per heavy atom. The van der Waals surface area contributed by atoms with Crippen LogP contribution in [0.15, 0.2) is 24.3 Å². The average Bonchev–Trinajstić information content (AvgIpc) is 2.18. The number of ether oxygens (including phenoxy) is 1. The third-order valence-electron chi connectivity index (χ3n) is 2.02. The molecule has 1 amide bonds. The lowest BCUT2D eigenvalue weighted by molar-refractivity contribution is -0.127. The van der Waals surface area contributed by atoms with Crippen molar-refractivity contribution >= 4 is 5.91 Å². The van der Waals surface area contributed by atoms with E-state index in [-0.39, 0.29) is 5.91 Å². The van der Waals surface area contributed by atoms with Crippen molar-refractivity contribution in [1.29, 1.82) is 0 Å². The second-order valence-electron chi connectivity index (χ2n) is 3.47. The van der Waals surface area contributed by atoms with Crippen LogP contribution in [-0.4, -0.2) is 18.6 Å². The van der Waals surface area contributed by atoms with E-state index in [1.807, 2.05) is 38.1 Å². The van der Waals surface area contributed by atoms with Gasteiger partial charge in [0, 0.05) is 6.54 Å². The second-order valence-corrected chi connectivity index (χ2v) is 3.47. The van der Waals surface area contributed by atoms with Gasteiger partial charge in [-0.25, -0.2) is 0 Å². The summed E-state index contributed by atoms with van der Waals surface area (Å²) in [5, 5.41) is 2.72. The predicted octanol–water partition coefficient (Wildman–Crippen LogP) is 1.90. The smallest absolute Gasteiger partial charge is 0.260 e. The zero-order valence-corrected chi connectivity index (χ0v) is 9.41. The van der Waals surface area contributed by atoms with E-state index < -0.39 is 6.10 Å². The van der Waals surface area contributed by atoms with Crippen LogP contribution in [0.5, 0.6) is 5.75 Å². The number of amides is 1. The summed E-state index contributed by atoms with van der Waals surface area (Å²) in [6.45, 7) is 6.24. The number of nitrogens with one attached hydrogen (secondary N) is 1. The zero-order chi connectivity index (χ0) is 11.3. The first-order chi connectivity index (χ1) is 7.13. The average molecular weight is 207 g/mol. The minimum Gasteiger partial charge on any atom is -0.481 e. The number of rotatable bonds is 4. The van der Waals surface area contributed by atoms with E-state index in [1.165, 1.54) is 0 Å². The largest absolute Gasteiger partial charge is 0.481 e. The van der Waals surface area contributed by atoms with Crippen molar-refractivity contribution in [3.63, 3.8) is 0 Å². The first-order valence-corrected chi connectivity index (χ1v) is 5.14. The van der Waals surface area contributed by atoms with Crippen molar-refractivity contribution in [2.45, 2.75) is 26.9 Å². The van der Waals surface area contributed by atoms with Gasteiger partial charge in [0.15, 0.2) is 6.10 Å². The van der Waals surface area contributed by atoms with Gasteiger partial charge in [-0.3, -0.25) is 4.79 Å². The fourth-order valence-corrected chi connectivity index (χ4v) is 1.26. The van der Waals surface area contributed by atoms with E-state index in [4.69, 9.17) is 4.74 Å². The second kappa shape index (κ2) is 5.39. The molecule has 0 aliphatic rings. The predicted molar refractivity (Wildman–Crippen MR) is 60.0 cm³/mol. The Labute approximate surface area is 90.4 Å². The van der Waals surface area contributed by atoms with Crippen LogP contribution in [0.1, 0.15) is 19.4 Å². The zero-order valence-electron chi connectivity index (χ0n) is 9.41. The maximum Gasteiger partial charge on any atom is 0.260 e. The minimum atomic E-state index is -0.452. The highest BCUT2D eigenvalue weighted by molar-refractivity contribution is 5.80. The highest BCUT2D eigenvalue weighted by atomic mass is 16.5.